The van der Waals surface area contributed by atoms with Crippen molar-refractivity contribution in [2.75, 3.05) is 0 Å². The van der Waals surface area contributed by atoms with Crippen molar-refractivity contribution >= 4 is 11.6 Å². The Morgan fingerprint density at radius 1 is 1.30 bits per heavy atom. The fourth-order valence-corrected chi connectivity index (χ4v) is 3.12. The van der Waals surface area contributed by atoms with Gasteiger partial charge in [0.25, 0.3) is 0 Å². The molecule has 5 heteroatoms. The van der Waals surface area contributed by atoms with E-state index in [0.29, 0.717) is 5.92 Å². The molecule has 1 aliphatic carbocycles. The number of hydrogen-bond donors (Lipinski definition) is 1. The molecule has 0 aromatic carbocycles. The Morgan fingerprint density at radius 3 is 2.75 bits per heavy atom. The minimum absolute atomic E-state index is 0.131. The fraction of sp³-hybridized carbons (Fsp3) is 0.533. The predicted molar refractivity (Wildman–Crippen MR) is 74.5 cm³/mol. The molecule has 0 amide bonds. The summed E-state index contributed by atoms with van der Waals surface area (Å²) in [5, 5.41) is 17.2. The van der Waals surface area contributed by atoms with E-state index in [1.165, 1.54) is 5.56 Å². The lowest BCUT2D eigenvalue weighted by Gasteiger charge is -2.26. The maximum absolute atomic E-state index is 11.0. The number of aliphatic carboxylic acids is 1. The van der Waals surface area contributed by atoms with Crippen LogP contribution in [-0.4, -0.2) is 25.7 Å². The Kier molecular flexibility index (Phi) is 3.42. The Labute approximate surface area is 117 Å². The smallest absolute Gasteiger partial charge is 0.306 e. The van der Waals surface area contributed by atoms with Crippen molar-refractivity contribution in [3.63, 3.8) is 0 Å². The summed E-state index contributed by atoms with van der Waals surface area (Å²) in [6.07, 6.45) is 6.77. The highest BCUT2D eigenvalue weighted by Crippen LogP contribution is 2.31. The topological polar surface area (TPSA) is 67.5 Å². The van der Waals surface area contributed by atoms with Crippen LogP contribution < -0.4 is 0 Å². The number of hydrogen-bond acceptors (Lipinski definition) is 3. The molecule has 1 aliphatic rings. The lowest BCUT2D eigenvalue weighted by atomic mass is 9.79. The summed E-state index contributed by atoms with van der Waals surface area (Å²) in [5.41, 5.74) is 2.15. The number of carbonyl (C=O) groups is 1. The molecular formula is C15H19N3O2. The van der Waals surface area contributed by atoms with Crippen LogP contribution >= 0.6 is 0 Å². The Balaban J connectivity index is 1.68. The van der Waals surface area contributed by atoms with Crippen LogP contribution in [0.25, 0.3) is 5.65 Å². The zero-order valence-electron chi connectivity index (χ0n) is 11.6. The number of aromatic nitrogens is 3. The molecular weight excluding hydrogens is 254 g/mol. The van der Waals surface area contributed by atoms with Crippen molar-refractivity contribution in [2.24, 2.45) is 11.8 Å². The average molecular weight is 273 g/mol. The summed E-state index contributed by atoms with van der Waals surface area (Å²) in [6, 6.07) is 4.10. The second kappa shape index (κ2) is 5.23. The highest BCUT2D eigenvalue weighted by Gasteiger charge is 2.25. The molecule has 2 heterocycles. The standard InChI is InChI=1S/C15H19N3O2/c1-10-16-17-14-7-4-12(9-18(10)14)8-11-2-5-13(6-3-11)15(19)20/h4,7,9,11,13H,2-3,5-6,8H2,1H3,(H,19,20)/t11-,13-. The van der Waals surface area contributed by atoms with E-state index in [1.54, 1.807) is 0 Å². The molecule has 0 atom stereocenters. The number of carboxylic acids is 1. The second-order valence-corrected chi connectivity index (χ2v) is 5.77. The van der Waals surface area contributed by atoms with Crippen LogP contribution in [0.3, 0.4) is 0 Å². The Morgan fingerprint density at radius 2 is 2.05 bits per heavy atom. The van der Waals surface area contributed by atoms with Gasteiger partial charge in [-0.1, -0.05) is 6.07 Å². The van der Waals surface area contributed by atoms with E-state index in [4.69, 9.17) is 5.11 Å². The Bertz CT molecular complexity index is 627. The molecule has 2 aromatic rings. The number of rotatable bonds is 3. The third-order valence-electron chi connectivity index (χ3n) is 4.35. The van der Waals surface area contributed by atoms with E-state index in [9.17, 15) is 4.79 Å². The van der Waals surface area contributed by atoms with Crippen LogP contribution in [0.1, 0.15) is 37.1 Å². The van der Waals surface area contributed by atoms with Gasteiger partial charge < -0.3 is 5.11 Å². The highest BCUT2D eigenvalue weighted by atomic mass is 16.4. The van der Waals surface area contributed by atoms with Crippen LogP contribution in [0, 0.1) is 18.8 Å². The number of pyridine rings is 1. The van der Waals surface area contributed by atoms with Crippen LogP contribution in [0.2, 0.25) is 0 Å². The molecule has 0 aliphatic heterocycles. The van der Waals surface area contributed by atoms with Gasteiger partial charge in [-0.05, 0) is 56.6 Å². The fourth-order valence-electron chi connectivity index (χ4n) is 3.12. The summed E-state index contributed by atoms with van der Waals surface area (Å²) < 4.78 is 2.01. The van der Waals surface area contributed by atoms with Gasteiger partial charge in [0.05, 0.1) is 5.92 Å². The summed E-state index contributed by atoms with van der Waals surface area (Å²) in [6.45, 7) is 1.95. The summed E-state index contributed by atoms with van der Waals surface area (Å²) in [7, 11) is 0. The lowest BCUT2D eigenvalue weighted by molar-refractivity contribution is -0.143. The molecule has 0 radical (unpaired) electrons. The molecule has 1 saturated carbocycles. The third-order valence-corrected chi connectivity index (χ3v) is 4.35. The van der Waals surface area contributed by atoms with Crippen LogP contribution in [0.5, 0.6) is 0 Å². The third kappa shape index (κ3) is 2.53. The number of carboxylic acid groups (broad SMARTS) is 1. The van der Waals surface area contributed by atoms with Gasteiger partial charge >= 0.3 is 5.97 Å². The molecule has 5 nitrogen and oxygen atoms in total. The normalized spacial score (nSPS) is 23.1. The highest BCUT2D eigenvalue weighted by molar-refractivity contribution is 5.69. The predicted octanol–water partition coefficient (Wildman–Crippen LogP) is 2.47. The molecule has 0 saturated heterocycles. The molecule has 0 unspecified atom stereocenters. The monoisotopic (exact) mass is 273 g/mol. The minimum Gasteiger partial charge on any atom is -0.481 e. The maximum atomic E-state index is 11.0. The minimum atomic E-state index is -0.634. The first-order chi connectivity index (χ1) is 9.63. The second-order valence-electron chi connectivity index (χ2n) is 5.77. The van der Waals surface area contributed by atoms with Gasteiger partial charge in [0.1, 0.15) is 5.82 Å². The number of nitrogens with zero attached hydrogens (tertiary/aromatic N) is 3. The SMILES string of the molecule is Cc1nnc2ccc(C[C@H]3CC[C@H](C(=O)O)CC3)cn12. The van der Waals surface area contributed by atoms with Crippen LogP contribution in [-0.2, 0) is 11.2 Å². The van der Waals surface area contributed by atoms with Crippen molar-refractivity contribution in [3.05, 3.63) is 29.7 Å². The zero-order valence-corrected chi connectivity index (χ0v) is 11.6. The molecule has 106 valence electrons. The number of fused-ring (bicyclic) bond motifs is 1. The molecule has 0 bridgehead atoms. The van der Waals surface area contributed by atoms with Crippen molar-refractivity contribution < 1.29 is 9.90 Å². The van der Waals surface area contributed by atoms with E-state index in [2.05, 4.69) is 22.5 Å². The van der Waals surface area contributed by atoms with Gasteiger partial charge in [0, 0.05) is 6.20 Å². The van der Waals surface area contributed by atoms with Crippen molar-refractivity contribution in [3.8, 4) is 0 Å². The Hall–Kier alpha value is -1.91. The van der Waals surface area contributed by atoms with Gasteiger partial charge in [-0.15, -0.1) is 10.2 Å². The molecule has 20 heavy (non-hydrogen) atoms. The largest absolute Gasteiger partial charge is 0.481 e. The van der Waals surface area contributed by atoms with Crippen LogP contribution in [0.15, 0.2) is 18.3 Å². The van der Waals surface area contributed by atoms with E-state index in [-0.39, 0.29) is 5.92 Å². The van der Waals surface area contributed by atoms with Crippen molar-refractivity contribution in [1.29, 1.82) is 0 Å². The lowest BCUT2D eigenvalue weighted by Crippen LogP contribution is -2.22. The van der Waals surface area contributed by atoms with Gasteiger partial charge in [-0.3, -0.25) is 9.20 Å². The average Bonchev–Trinajstić information content (AvgIpc) is 2.81. The summed E-state index contributed by atoms with van der Waals surface area (Å²) in [5.74, 6) is 0.732. The molecule has 0 spiro atoms. The van der Waals surface area contributed by atoms with E-state index in [1.807, 2.05) is 17.4 Å². The molecule has 1 fully saturated rings. The van der Waals surface area contributed by atoms with Crippen molar-refractivity contribution in [2.45, 2.75) is 39.0 Å². The first-order valence-electron chi connectivity index (χ1n) is 7.16. The number of aryl methyl sites for hydroxylation is 1. The van der Waals surface area contributed by atoms with Gasteiger partial charge in [-0.2, -0.15) is 0 Å². The van der Waals surface area contributed by atoms with Crippen molar-refractivity contribution in [1.82, 2.24) is 14.6 Å². The summed E-state index contributed by atoms with van der Waals surface area (Å²) in [4.78, 5) is 11.0. The molecule has 2 aromatic heterocycles. The van der Waals surface area contributed by atoms with E-state index in [0.717, 1.165) is 43.6 Å². The summed E-state index contributed by atoms with van der Waals surface area (Å²) >= 11 is 0. The maximum Gasteiger partial charge on any atom is 0.306 e. The molecule has 3 rings (SSSR count). The van der Waals surface area contributed by atoms with Gasteiger partial charge in [-0.25, -0.2) is 0 Å². The zero-order chi connectivity index (χ0) is 14.1. The first kappa shape index (κ1) is 13.1. The first-order valence-corrected chi connectivity index (χ1v) is 7.16. The van der Waals surface area contributed by atoms with Gasteiger partial charge in [0.15, 0.2) is 5.65 Å². The van der Waals surface area contributed by atoms with Gasteiger partial charge in [0.2, 0.25) is 0 Å². The van der Waals surface area contributed by atoms with E-state index < -0.39 is 5.97 Å². The quantitative estimate of drug-likeness (QED) is 0.932. The van der Waals surface area contributed by atoms with Crippen LogP contribution in [0.4, 0.5) is 0 Å². The van der Waals surface area contributed by atoms with E-state index >= 15 is 0 Å². The molecule has 1 N–H and O–H groups in total.